The molecule has 3 N–H and O–H groups in total. The fourth-order valence-electron chi connectivity index (χ4n) is 3.36. The van der Waals surface area contributed by atoms with Crippen LogP contribution >= 0.6 is 11.3 Å². The highest BCUT2D eigenvalue weighted by molar-refractivity contribution is 7.10. The van der Waals surface area contributed by atoms with E-state index in [-0.39, 0.29) is 11.5 Å². The zero-order chi connectivity index (χ0) is 13.2. The molecule has 1 fully saturated rings. The summed E-state index contributed by atoms with van der Waals surface area (Å²) in [4.78, 5) is 1.12. The summed E-state index contributed by atoms with van der Waals surface area (Å²) in [7, 11) is 0. The topological polar surface area (TPSA) is 46.2 Å². The quantitative estimate of drug-likeness (QED) is 0.875. The van der Waals surface area contributed by atoms with E-state index in [9.17, 15) is 5.11 Å². The van der Waals surface area contributed by atoms with Gasteiger partial charge in [-0.3, -0.25) is 0 Å². The third-order valence-corrected chi connectivity index (χ3v) is 5.77. The second-order valence-corrected chi connectivity index (χ2v) is 6.76. The van der Waals surface area contributed by atoms with Crippen LogP contribution in [-0.4, -0.2) is 11.7 Å². The van der Waals surface area contributed by atoms with Gasteiger partial charge in [0.15, 0.2) is 0 Å². The predicted octanol–water partition coefficient (Wildman–Crippen LogP) is 3.64. The largest absolute Gasteiger partial charge is 0.387 e. The van der Waals surface area contributed by atoms with Crippen molar-refractivity contribution in [2.24, 2.45) is 17.1 Å². The molecular formula is C15H25NOS. The van der Waals surface area contributed by atoms with Crippen LogP contribution in [0, 0.1) is 18.3 Å². The molecule has 2 nitrogen and oxygen atoms in total. The summed E-state index contributed by atoms with van der Waals surface area (Å²) in [6, 6.07) is 2.09. The minimum atomic E-state index is -0.378. The second kappa shape index (κ2) is 5.72. The summed E-state index contributed by atoms with van der Waals surface area (Å²) in [5.74, 6) is 0.734. The van der Waals surface area contributed by atoms with E-state index in [1.54, 1.807) is 11.3 Å². The zero-order valence-electron chi connectivity index (χ0n) is 11.5. The Labute approximate surface area is 114 Å². The first-order valence-electron chi connectivity index (χ1n) is 7.05. The molecule has 0 aliphatic heterocycles. The van der Waals surface area contributed by atoms with Crippen LogP contribution in [0.2, 0.25) is 0 Å². The lowest BCUT2D eigenvalue weighted by Crippen LogP contribution is -2.41. The van der Waals surface area contributed by atoms with E-state index in [0.29, 0.717) is 6.54 Å². The van der Waals surface area contributed by atoms with E-state index in [1.165, 1.54) is 24.8 Å². The maximum Gasteiger partial charge on any atom is 0.0952 e. The van der Waals surface area contributed by atoms with E-state index >= 15 is 0 Å². The molecule has 1 aromatic heterocycles. The minimum absolute atomic E-state index is 0.0887. The number of aliphatic hydroxyl groups excluding tert-OH is 1. The first kappa shape index (κ1) is 14.0. The van der Waals surface area contributed by atoms with Gasteiger partial charge in [0.25, 0.3) is 0 Å². The number of aryl methyl sites for hydroxylation is 1. The molecule has 0 amide bonds. The molecule has 102 valence electrons. The van der Waals surface area contributed by atoms with Gasteiger partial charge >= 0.3 is 0 Å². The van der Waals surface area contributed by atoms with Gasteiger partial charge in [0.2, 0.25) is 0 Å². The Morgan fingerprint density at radius 1 is 1.61 bits per heavy atom. The van der Waals surface area contributed by atoms with E-state index in [4.69, 9.17) is 5.73 Å². The van der Waals surface area contributed by atoms with Crippen LogP contribution in [0.3, 0.4) is 0 Å². The first-order valence-corrected chi connectivity index (χ1v) is 7.93. The van der Waals surface area contributed by atoms with Gasteiger partial charge in [-0.15, -0.1) is 11.3 Å². The number of hydrogen-bond acceptors (Lipinski definition) is 3. The molecule has 0 radical (unpaired) electrons. The van der Waals surface area contributed by atoms with Crippen molar-refractivity contribution in [3.63, 3.8) is 0 Å². The summed E-state index contributed by atoms with van der Waals surface area (Å²) in [5.41, 5.74) is 7.18. The lowest BCUT2D eigenvalue weighted by atomic mass is 9.65. The van der Waals surface area contributed by atoms with Crippen molar-refractivity contribution >= 4 is 11.3 Å². The molecule has 0 aromatic carbocycles. The van der Waals surface area contributed by atoms with Crippen LogP contribution in [0.15, 0.2) is 11.4 Å². The average Bonchev–Trinajstić information content (AvgIpc) is 2.84. The van der Waals surface area contributed by atoms with Gasteiger partial charge in [-0.05, 0) is 42.7 Å². The van der Waals surface area contributed by atoms with Crippen molar-refractivity contribution in [2.75, 3.05) is 6.54 Å². The number of hydrogen-bond donors (Lipinski definition) is 2. The number of rotatable bonds is 4. The van der Waals surface area contributed by atoms with Crippen LogP contribution in [0.1, 0.15) is 55.6 Å². The highest BCUT2D eigenvalue weighted by Gasteiger charge is 2.42. The van der Waals surface area contributed by atoms with Crippen molar-refractivity contribution in [1.82, 2.24) is 0 Å². The van der Waals surface area contributed by atoms with Crippen LogP contribution in [0.25, 0.3) is 0 Å². The molecule has 0 spiro atoms. The Balaban J connectivity index is 2.24. The van der Waals surface area contributed by atoms with Crippen LogP contribution < -0.4 is 5.73 Å². The Morgan fingerprint density at radius 3 is 2.94 bits per heavy atom. The molecule has 1 heterocycles. The summed E-state index contributed by atoms with van der Waals surface area (Å²) < 4.78 is 0. The lowest BCUT2D eigenvalue weighted by Gasteiger charge is -2.43. The predicted molar refractivity (Wildman–Crippen MR) is 77.8 cm³/mol. The lowest BCUT2D eigenvalue weighted by molar-refractivity contribution is -0.0143. The number of thiophene rings is 1. The fraction of sp³-hybridized carbons (Fsp3) is 0.733. The van der Waals surface area contributed by atoms with Crippen LogP contribution in [0.5, 0.6) is 0 Å². The normalized spacial score (nSPS) is 30.3. The van der Waals surface area contributed by atoms with Crippen molar-refractivity contribution in [3.8, 4) is 0 Å². The maximum atomic E-state index is 10.8. The first-order chi connectivity index (χ1) is 8.63. The van der Waals surface area contributed by atoms with Crippen molar-refractivity contribution in [3.05, 3.63) is 21.9 Å². The van der Waals surface area contributed by atoms with E-state index in [0.717, 1.165) is 23.6 Å². The van der Waals surface area contributed by atoms with Crippen molar-refractivity contribution in [2.45, 2.75) is 52.1 Å². The zero-order valence-corrected chi connectivity index (χ0v) is 12.3. The molecule has 0 bridgehead atoms. The van der Waals surface area contributed by atoms with Gasteiger partial charge in [-0.25, -0.2) is 0 Å². The van der Waals surface area contributed by atoms with Crippen LogP contribution in [0.4, 0.5) is 0 Å². The summed E-state index contributed by atoms with van der Waals surface area (Å²) >= 11 is 1.67. The Kier molecular flexibility index (Phi) is 4.46. The monoisotopic (exact) mass is 267 g/mol. The molecular weight excluding hydrogens is 242 g/mol. The highest BCUT2D eigenvalue weighted by Crippen LogP contribution is 2.49. The van der Waals surface area contributed by atoms with E-state index in [2.05, 4.69) is 25.3 Å². The molecule has 18 heavy (non-hydrogen) atoms. The summed E-state index contributed by atoms with van der Waals surface area (Å²) in [5, 5.41) is 12.9. The van der Waals surface area contributed by atoms with E-state index < -0.39 is 0 Å². The van der Waals surface area contributed by atoms with Crippen molar-refractivity contribution in [1.29, 1.82) is 0 Å². The van der Waals surface area contributed by atoms with Crippen LogP contribution in [-0.2, 0) is 0 Å². The molecule has 3 unspecified atom stereocenters. The van der Waals surface area contributed by atoms with Gasteiger partial charge in [0, 0.05) is 16.8 Å². The molecule has 3 atom stereocenters. The second-order valence-electron chi connectivity index (χ2n) is 5.81. The molecule has 1 aromatic rings. The Bertz CT molecular complexity index is 390. The molecule has 1 aliphatic carbocycles. The summed E-state index contributed by atoms with van der Waals surface area (Å²) in [6.07, 6.45) is 5.48. The van der Waals surface area contributed by atoms with Gasteiger partial charge in [0.05, 0.1) is 6.10 Å². The van der Waals surface area contributed by atoms with Crippen molar-refractivity contribution < 1.29 is 5.11 Å². The standard InChI is InChI=1S/C15H25NOS/c1-3-12-5-4-7-15(9-12,10-16)14(17)13-11(2)6-8-18-13/h6,8,12,14,17H,3-5,7,9-10,16H2,1-2H3. The third kappa shape index (κ3) is 2.49. The van der Waals surface area contributed by atoms with Gasteiger partial charge in [-0.1, -0.05) is 26.2 Å². The summed E-state index contributed by atoms with van der Waals surface area (Å²) in [6.45, 7) is 4.93. The van der Waals surface area contributed by atoms with Gasteiger partial charge in [-0.2, -0.15) is 0 Å². The SMILES string of the molecule is CCC1CCCC(CN)(C(O)c2sccc2C)C1. The smallest absolute Gasteiger partial charge is 0.0952 e. The molecule has 2 rings (SSSR count). The maximum absolute atomic E-state index is 10.8. The van der Waals surface area contributed by atoms with E-state index in [1.807, 2.05) is 0 Å². The number of nitrogens with two attached hydrogens (primary N) is 1. The average molecular weight is 267 g/mol. The molecule has 1 saturated carbocycles. The molecule has 3 heteroatoms. The molecule has 0 saturated heterocycles. The van der Waals surface area contributed by atoms with Gasteiger partial charge in [0.1, 0.15) is 0 Å². The highest BCUT2D eigenvalue weighted by atomic mass is 32.1. The number of aliphatic hydroxyl groups is 1. The van der Waals surface area contributed by atoms with Gasteiger partial charge < -0.3 is 10.8 Å². The Morgan fingerprint density at radius 2 is 2.39 bits per heavy atom. The molecule has 1 aliphatic rings. The minimum Gasteiger partial charge on any atom is -0.387 e. The fourth-order valence-corrected chi connectivity index (χ4v) is 4.41. The third-order valence-electron chi connectivity index (χ3n) is 4.70. The Hall–Kier alpha value is -0.380.